The van der Waals surface area contributed by atoms with E-state index in [4.69, 9.17) is 10.5 Å². The molecule has 2 N–H and O–H groups in total. The average molecular weight is 338 g/mol. The standard InChI is InChI=1S/C19H22N4O2/c1-10-7-15(8-11(2)16(10)9-20)25-18-12(3)22-23(13(4)19(21)24)17(18)14-5-6-14/h7-8,13-14H,5-6H2,1-4H3,(H2,21,24). The molecule has 1 aliphatic carbocycles. The fourth-order valence-electron chi connectivity index (χ4n) is 3.10. The molecule has 1 unspecified atom stereocenters. The summed E-state index contributed by atoms with van der Waals surface area (Å²) in [5, 5.41) is 13.7. The number of nitrogens with zero attached hydrogens (tertiary/aromatic N) is 3. The van der Waals surface area contributed by atoms with E-state index < -0.39 is 11.9 Å². The second-order valence-electron chi connectivity index (χ2n) is 6.74. The number of carbonyl (C=O) groups is 1. The van der Waals surface area contributed by atoms with E-state index in [1.54, 1.807) is 11.6 Å². The van der Waals surface area contributed by atoms with Crippen molar-refractivity contribution in [3.05, 3.63) is 40.2 Å². The Balaban J connectivity index is 2.04. The third kappa shape index (κ3) is 3.10. The van der Waals surface area contributed by atoms with Gasteiger partial charge in [-0.15, -0.1) is 0 Å². The first-order chi connectivity index (χ1) is 11.8. The van der Waals surface area contributed by atoms with Crippen LogP contribution in [0.5, 0.6) is 11.5 Å². The van der Waals surface area contributed by atoms with Gasteiger partial charge >= 0.3 is 0 Å². The van der Waals surface area contributed by atoms with Crippen molar-refractivity contribution in [2.75, 3.05) is 0 Å². The van der Waals surface area contributed by atoms with Crippen molar-refractivity contribution in [3.8, 4) is 17.6 Å². The monoisotopic (exact) mass is 338 g/mol. The quantitative estimate of drug-likeness (QED) is 0.904. The zero-order valence-corrected chi connectivity index (χ0v) is 15.0. The molecule has 0 aliphatic heterocycles. The van der Waals surface area contributed by atoms with Gasteiger partial charge in [0.1, 0.15) is 17.5 Å². The summed E-state index contributed by atoms with van der Waals surface area (Å²) in [7, 11) is 0. The van der Waals surface area contributed by atoms with Gasteiger partial charge in [-0.25, -0.2) is 0 Å². The number of benzene rings is 1. The fourth-order valence-corrected chi connectivity index (χ4v) is 3.10. The molecule has 0 bridgehead atoms. The number of nitriles is 1. The Bertz CT molecular complexity index is 865. The highest BCUT2D eigenvalue weighted by Gasteiger charge is 2.35. The normalized spacial score (nSPS) is 14.8. The maximum atomic E-state index is 11.6. The van der Waals surface area contributed by atoms with Crippen LogP contribution in [0.4, 0.5) is 0 Å². The molecule has 1 aliphatic rings. The van der Waals surface area contributed by atoms with E-state index in [1.807, 2.05) is 32.9 Å². The Labute approximate surface area is 147 Å². The molecule has 6 heteroatoms. The van der Waals surface area contributed by atoms with Gasteiger partial charge in [0.15, 0.2) is 5.75 Å². The number of hydrogen-bond donors (Lipinski definition) is 1. The van der Waals surface area contributed by atoms with Crippen LogP contribution >= 0.6 is 0 Å². The van der Waals surface area contributed by atoms with Gasteiger partial charge < -0.3 is 10.5 Å². The molecular weight excluding hydrogens is 316 g/mol. The highest BCUT2D eigenvalue weighted by Crippen LogP contribution is 2.47. The van der Waals surface area contributed by atoms with Crippen LogP contribution in [0.25, 0.3) is 0 Å². The molecule has 0 saturated heterocycles. The molecule has 25 heavy (non-hydrogen) atoms. The molecule has 3 rings (SSSR count). The molecule has 1 saturated carbocycles. The molecule has 1 amide bonds. The zero-order chi connectivity index (χ0) is 18.3. The third-order valence-corrected chi connectivity index (χ3v) is 4.65. The van der Waals surface area contributed by atoms with Gasteiger partial charge in [-0.2, -0.15) is 10.4 Å². The van der Waals surface area contributed by atoms with E-state index in [0.29, 0.717) is 23.0 Å². The van der Waals surface area contributed by atoms with Gasteiger partial charge in [-0.3, -0.25) is 9.48 Å². The van der Waals surface area contributed by atoms with Crippen LogP contribution < -0.4 is 10.5 Å². The van der Waals surface area contributed by atoms with Crippen LogP contribution in [-0.2, 0) is 4.79 Å². The number of ether oxygens (including phenoxy) is 1. The number of primary amides is 1. The summed E-state index contributed by atoms with van der Waals surface area (Å²) in [6.07, 6.45) is 2.11. The van der Waals surface area contributed by atoms with E-state index >= 15 is 0 Å². The Morgan fingerprint density at radius 3 is 2.44 bits per heavy atom. The van der Waals surface area contributed by atoms with E-state index in [1.165, 1.54) is 0 Å². The minimum atomic E-state index is -0.518. The molecule has 0 radical (unpaired) electrons. The molecule has 1 heterocycles. The zero-order valence-electron chi connectivity index (χ0n) is 15.0. The van der Waals surface area contributed by atoms with Gasteiger partial charge in [0, 0.05) is 5.92 Å². The van der Waals surface area contributed by atoms with Crippen molar-refractivity contribution >= 4 is 5.91 Å². The number of nitrogens with two attached hydrogens (primary N) is 1. The van der Waals surface area contributed by atoms with Crippen molar-refractivity contribution in [2.45, 2.75) is 52.5 Å². The summed E-state index contributed by atoms with van der Waals surface area (Å²) in [6, 6.07) is 5.41. The molecule has 1 aromatic heterocycles. The lowest BCUT2D eigenvalue weighted by molar-refractivity contribution is -0.121. The van der Waals surface area contributed by atoms with Crippen molar-refractivity contribution in [3.63, 3.8) is 0 Å². The highest BCUT2D eigenvalue weighted by molar-refractivity contribution is 5.78. The average Bonchev–Trinajstić information content (AvgIpc) is 3.32. The van der Waals surface area contributed by atoms with Crippen LogP contribution in [0.15, 0.2) is 12.1 Å². The number of amides is 1. The molecule has 0 spiro atoms. The SMILES string of the molecule is Cc1cc(Oc2c(C)nn(C(C)C(N)=O)c2C2CC2)cc(C)c1C#N. The fraction of sp³-hybridized carbons (Fsp3) is 0.421. The largest absolute Gasteiger partial charge is 0.453 e. The second kappa shape index (κ2) is 6.25. The van der Waals surface area contributed by atoms with Gasteiger partial charge in [0.2, 0.25) is 5.91 Å². The number of aromatic nitrogens is 2. The first-order valence-electron chi connectivity index (χ1n) is 8.41. The van der Waals surface area contributed by atoms with Crippen LogP contribution in [-0.4, -0.2) is 15.7 Å². The minimum Gasteiger partial charge on any atom is -0.453 e. The lowest BCUT2D eigenvalue weighted by atomic mass is 10.0. The second-order valence-corrected chi connectivity index (χ2v) is 6.74. The minimum absolute atomic E-state index is 0.346. The van der Waals surface area contributed by atoms with E-state index in [0.717, 1.165) is 35.4 Å². The van der Waals surface area contributed by atoms with Gasteiger partial charge in [-0.1, -0.05) is 0 Å². The van der Waals surface area contributed by atoms with Crippen LogP contribution in [0.3, 0.4) is 0 Å². The predicted octanol–water partition coefficient (Wildman–Crippen LogP) is 3.40. The molecule has 1 atom stereocenters. The molecule has 130 valence electrons. The van der Waals surface area contributed by atoms with Crippen molar-refractivity contribution in [1.29, 1.82) is 5.26 Å². The lowest BCUT2D eigenvalue weighted by Crippen LogP contribution is -2.26. The number of hydrogen-bond acceptors (Lipinski definition) is 4. The first kappa shape index (κ1) is 17.0. The number of aryl methyl sites for hydroxylation is 3. The summed E-state index contributed by atoms with van der Waals surface area (Å²) in [4.78, 5) is 11.6. The first-order valence-corrected chi connectivity index (χ1v) is 8.41. The Morgan fingerprint density at radius 2 is 1.96 bits per heavy atom. The van der Waals surface area contributed by atoms with Crippen molar-refractivity contribution < 1.29 is 9.53 Å². The third-order valence-electron chi connectivity index (χ3n) is 4.65. The Hall–Kier alpha value is -2.81. The van der Waals surface area contributed by atoms with Crippen LogP contribution in [0, 0.1) is 32.1 Å². The summed E-state index contributed by atoms with van der Waals surface area (Å²) in [6.45, 7) is 7.41. The van der Waals surface area contributed by atoms with Crippen LogP contribution in [0.1, 0.15) is 59.8 Å². The maximum Gasteiger partial charge on any atom is 0.242 e. The predicted molar refractivity (Wildman–Crippen MR) is 93.5 cm³/mol. The van der Waals surface area contributed by atoms with Crippen molar-refractivity contribution in [1.82, 2.24) is 9.78 Å². The molecular formula is C19H22N4O2. The molecule has 6 nitrogen and oxygen atoms in total. The number of carbonyl (C=O) groups excluding carboxylic acids is 1. The summed E-state index contributed by atoms with van der Waals surface area (Å²) >= 11 is 0. The summed E-state index contributed by atoms with van der Waals surface area (Å²) < 4.78 is 7.87. The van der Waals surface area contributed by atoms with Crippen molar-refractivity contribution in [2.24, 2.45) is 5.73 Å². The van der Waals surface area contributed by atoms with Gasteiger partial charge in [0.05, 0.1) is 17.3 Å². The topological polar surface area (TPSA) is 93.9 Å². The lowest BCUT2D eigenvalue weighted by Gasteiger charge is -2.14. The molecule has 2 aromatic rings. The summed E-state index contributed by atoms with van der Waals surface area (Å²) in [5.41, 5.74) is 9.56. The molecule has 1 fully saturated rings. The summed E-state index contributed by atoms with van der Waals surface area (Å²) in [5.74, 6) is 1.30. The van der Waals surface area contributed by atoms with E-state index in [-0.39, 0.29) is 0 Å². The maximum absolute atomic E-state index is 11.6. The Morgan fingerprint density at radius 1 is 1.36 bits per heavy atom. The van der Waals surface area contributed by atoms with Gasteiger partial charge in [0.25, 0.3) is 0 Å². The smallest absolute Gasteiger partial charge is 0.242 e. The Kier molecular flexibility index (Phi) is 4.25. The van der Waals surface area contributed by atoms with Gasteiger partial charge in [-0.05, 0) is 63.8 Å². The highest BCUT2D eigenvalue weighted by atomic mass is 16.5. The van der Waals surface area contributed by atoms with E-state index in [9.17, 15) is 10.1 Å². The van der Waals surface area contributed by atoms with Crippen LogP contribution in [0.2, 0.25) is 0 Å². The molecule has 1 aromatic carbocycles. The number of rotatable bonds is 5. The van der Waals surface area contributed by atoms with E-state index in [2.05, 4.69) is 11.2 Å².